The standard InChI is InChI=1S/C19H30N2/c1-2-13-20-15-16-9-11-18(12-10-16)21-14-5-7-17-6-3-4-8-19(17)21/h9-12,17,19-20H,2-8,13-15H2,1H3/t17-,19-/m1/s1. The predicted molar refractivity (Wildman–Crippen MR) is 90.8 cm³/mol. The van der Waals surface area contributed by atoms with E-state index in [1.54, 1.807) is 0 Å². The van der Waals surface area contributed by atoms with Crippen molar-refractivity contribution in [2.75, 3.05) is 18.0 Å². The number of fused-ring (bicyclic) bond motifs is 1. The molecule has 1 aromatic carbocycles. The molecule has 1 N–H and O–H groups in total. The number of anilines is 1. The Hall–Kier alpha value is -1.02. The van der Waals surface area contributed by atoms with Crippen molar-refractivity contribution in [2.24, 2.45) is 5.92 Å². The van der Waals surface area contributed by atoms with Gasteiger partial charge in [0.05, 0.1) is 0 Å². The van der Waals surface area contributed by atoms with Crippen LogP contribution in [0.25, 0.3) is 0 Å². The van der Waals surface area contributed by atoms with Gasteiger partial charge in [0.15, 0.2) is 0 Å². The maximum Gasteiger partial charge on any atom is 0.0369 e. The molecule has 21 heavy (non-hydrogen) atoms. The third kappa shape index (κ3) is 3.60. The summed E-state index contributed by atoms with van der Waals surface area (Å²) in [5.41, 5.74) is 2.86. The molecule has 1 aromatic rings. The second-order valence-electron chi connectivity index (χ2n) is 6.79. The quantitative estimate of drug-likeness (QED) is 0.810. The highest BCUT2D eigenvalue weighted by atomic mass is 15.2. The first-order valence-corrected chi connectivity index (χ1v) is 8.95. The average molecular weight is 286 g/mol. The molecular formula is C19H30N2. The Balaban J connectivity index is 1.65. The van der Waals surface area contributed by atoms with E-state index in [-0.39, 0.29) is 0 Å². The highest BCUT2D eigenvalue weighted by molar-refractivity contribution is 5.49. The van der Waals surface area contributed by atoms with E-state index >= 15 is 0 Å². The Bertz CT molecular complexity index is 424. The fraction of sp³-hybridized carbons (Fsp3) is 0.684. The molecule has 1 saturated heterocycles. The Morgan fingerprint density at radius 1 is 1.05 bits per heavy atom. The Morgan fingerprint density at radius 2 is 1.81 bits per heavy atom. The summed E-state index contributed by atoms with van der Waals surface area (Å²) in [5, 5.41) is 3.48. The maximum atomic E-state index is 3.48. The summed E-state index contributed by atoms with van der Waals surface area (Å²) in [6.07, 6.45) is 9.79. The van der Waals surface area contributed by atoms with E-state index in [0.717, 1.165) is 25.0 Å². The van der Waals surface area contributed by atoms with E-state index in [9.17, 15) is 0 Å². The van der Waals surface area contributed by atoms with Crippen LogP contribution in [0.3, 0.4) is 0 Å². The van der Waals surface area contributed by atoms with Crippen LogP contribution in [-0.4, -0.2) is 19.1 Å². The van der Waals surface area contributed by atoms with Gasteiger partial charge in [-0.3, -0.25) is 0 Å². The lowest BCUT2D eigenvalue weighted by Gasteiger charge is -2.45. The normalized spacial score (nSPS) is 25.7. The molecule has 0 aromatic heterocycles. The summed E-state index contributed by atoms with van der Waals surface area (Å²) < 4.78 is 0. The lowest BCUT2D eigenvalue weighted by atomic mass is 9.78. The molecule has 2 nitrogen and oxygen atoms in total. The molecule has 1 saturated carbocycles. The van der Waals surface area contributed by atoms with Crippen LogP contribution in [-0.2, 0) is 6.54 Å². The van der Waals surface area contributed by atoms with Gasteiger partial charge in [-0.25, -0.2) is 0 Å². The molecule has 1 aliphatic heterocycles. The van der Waals surface area contributed by atoms with Crippen LogP contribution >= 0.6 is 0 Å². The van der Waals surface area contributed by atoms with Gasteiger partial charge in [-0.15, -0.1) is 0 Å². The molecule has 0 radical (unpaired) electrons. The molecule has 2 aliphatic rings. The average Bonchev–Trinajstić information content (AvgIpc) is 2.55. The zero-order chi connectivity index (χ0) is 14.5. The van der Waals surface area contributed by atoms with Crippen LogP contribution < -0.4 is 10.2 Å². The number of hydrogen-bond donors (Lipinski definition) is 1. The topological polar surface area (TPSA) is 15.3 Å². The smallest absolute Gasteiger partial charge is 0.0369 e. The van der Waals surface area contributed by atoms with Crippen molar-refractivity contribution in [1.29, 1.82) is 0 Å². The number of rotatable bonds is 5. The van der Waals surface area contributed by atoms with Gasteiger partial charge in [0, 0.05) is 24.8 Å². The molecule has 1 heterocycles. The fourth-order valence-electron chi connectivity index (χ4n) is 4.16. The van der Waals surface area contributed by atoms with Gasteiger partial charge >= 0.3 is 0 Å². The lowest BCUT2D eigenvalue weighted by molar-refractivity contribution is 0.244. The van der Waals surface area contributed by atoms with E-state index in [0.29, 0.717) is 0 Å². The largest absolute Gasteiger partial charge is 0.368 e. The van der Waals surface area contributed by atoms with Gasteiger partial charge in [-0.1, -0.05) is 31.9 Å². The van der Waals surface area contributed by atoms with Crippen molar-refractivity contribution in [2.45, 2.75) is 64.5 Å². The molecule has 1 aliphatic carbocycles. The minimum absolute atomic E-state index is 0.816. The Morgan fingerprint density at radius 3 is 2.62 bits per heavy atom. The highest BCUT2D eigenvalue weighted by Gasteiger charge is 2.33. The number of hydrogen-bond acceptors (Lipinski definition) is 2. The monoisotopic (exact) mass is 286 g/mol. The van der Waals surface area contributed by atoms with Gasteiger partial charge in [0.25, 0.3) is 0 Å². The summed E-state index contributed by atoms with van der Waals surface area (Å²) in [6, 6.07) is 10.1. The van der Waals surface area contributed by atoms with Crippen molar-refractivity contribution in [3.05, 3.63) is 29.8 Å². The highest BCUT2D eigenvalue weighted by Crippen LogP contribution is 2.37. The van der Waals surface area contributed by atoms with E-state index in [4.69, 9.17) is 0 Å². The molecule has 3 rings (SSSR count). The second kappa shape index (κ2) is 7.31. The van der Waals surface area contributed by atoms with Crippen LogP contribution in [0.15, 0.2) is 24.3 Å². The number of nitrogens with one attached hydrogen (secondary N) is 1. The predicted octanol–water partition coefficient (Wildman–Crippen LogP) is 4.35. The van der Waals surface area contributed by atoms with Crippen LogP contribution in [0.5, 0.6) is 0 Å². The molecule has 2 atom stereocenters. The molecule has 2 heteroatoms. The zero-order valence-corrected chi connectivity index (χ0v) is 13.5. The third-order valence-electron chi connectivity index (χ3n) is 5.27. The molecular weight excluding hydrogens is 256 g/mol. The van der Waals surface area contributed by atoms with Crippen molar-refractivity contribution >= 4 is 5.69 Å². The molecule has 116 valence electrons. The third-order valence-corrected chi connectivity index (χ3v) is 5.27. The molecule has 2 fully saturated rings. The van der Waals surface area contributed by atoms with Crippen molar-refractivity contribution in [1.82, 2.24) is 5.32 Å². The molecule has 0 unspecified atom stereocenters. The van der Waals surface area contributed by atoms with Gasteiger partial charge < -0.3 is 10.2 Å². The van der Waals surface area contributed by atoms with Crippen molar-refractivity contribution in [3.63, 3.8) is 0 Å². The summed E-state index contributed by atoms with van der Waals surface area (Å²) in [4.78, 5) is 2.70. The minimum atomic E-state index is 0.816. The Labute approximate surface area is 129 Å². The summed E-state index contributed by atoms with van der Waals surface area (Å²) >= 11 is 0. The molecule has 0 amide bonds. The van der Waals surface area contributed by atoms with E-state index in [2.05, 4.69) is 41.4 Å². The summed E-state index contributed by atoms with van der Waals surface area (Å²) in [5.74, 6) is 0.957. The summed E-state index contributed by atoms with van der Waals surface area (Å²) in [6.45, 7) is 5.58. The van der Waals surface area contributed by atoms with Crippen molar-refractivity contribution < 1.29 is 0 Å². The number of nitrogens with zero attached hydrogens (tertiary/aromatic N) is 1. The molecule has 0 spiro atoms. The SMILES string of the molecule is CCCNCc1ccc(N2CCC[C@H]3CCCC[C@H]32)cc1. The van der Waals surface area contributed by atoms with E-state index in [1.807, 2.05) is 0 Å². The van der Waals surface area contributed by atoms with Gasteiger partial charge in [-0.2, -0.15) is 0 Å². The number of benzene rings is 1. The van der Waals surface area contributed by atoms with Crippen LogP contribution in [0, 0.1) is 5.92 Å². The van der Waals surface area contributed by atoms with Gasteiger partial charge in [0.2, 0.25) is 0 Å². The second-order valence-corrected chi connectivity index (χ2v) is 6.79. The van der Waals surface area contributed by atoms with Crippen molar-refractivity contribution in [3.8, 4) is 0 Å². The van der Waals surface area contributed by atoms with Gasteiger partial charge in [0.1, 0.15) is 0 Å². The van der Waals surface area contributed by atoms with Crippen LogP contribution in [0.4, 0.5) is 5.69 Å². The van der Waals surface area contributed by atoms with Crippen LogP contribution in [0.1, 0.15) is 57.4 Å². The molecule has 0 bridgehead atoms. The lowest BCUT2D eigenvalue weighted by Crippen LogP contribution is -2.46. The van der Waals surface area contributed by atoms with E-state index < -0.39 is 0 Å². The van der Waals surface area contributed by atoms with Gasteiger partial charge in [-0.05, 0) is 62.3 Å². The minimum Gasteiger partial charge on any atom is -0.368 e. The maximum absolute atomic E-state index is 3.48. The van der Waals surface area contributed by atoms with E-state index in [1.165, 1.54) is 62.7 Å². The number of piperidine rings is 1. The van der Waals surface area contributed by atoms with Crippen LogP contribution in [0.2, 0.25) is 0 Å². The Kier molecular flexibility index (Phi) is 5.18. The zero-order valence-electron chi connectivity index (χ0n) is 13.5. The first-order valence-electron chi connectivity index (χ1n) is 8.95. The fourth-order valence-corrected chi connectivity index (χ4v) is 4.16. The summed E-state index contributed by atoms with van der Waals surface area (Å²) in [7, 11) is 0. The first kappa shape index (κ1) is 14.9. The first-order chi connectivity index (χ1) is 10.4.